The third-order valence-corrected chi connectivity index (χ3v) is 4.19. The Hall–Kier alpha value is -2.61. The van der Waals surface area contributed by atoms with Crippen LogP contribution in [0.15, 0.2) is 35.0 Å². The number of hydrogen-bond donors (Lipinski definition) is 0. The summed E-state index contributed by atoms with van der Waals surface area (Å²) in [6.45, 7) is 0.375. The van der Waals surface area contributed by atoms with E-state index in [9.17, 15) is 0 Å². The lowest BCUT2D eigenvalue weighted by Gasteiger charge is -2.20. The van der Waals surface area contributed by atoms with E-state index in [4.69, 9.17) is 9.15 Å². The van der Waals surface area contributed by atoms with E-state index in [2.05, 4.69) is 25.7 Å². The van der Waals surface area contributed by atoms with Crippen molar-refractivity contribution in [3.05, 3.63) is 36.5 Å². The molecule has 0 radical (unpaired) electrons. The highest BCUT2D eigenvalue weighted by Gasteiger charge is 2.16. The lowest BCUT2D eigenvalue weighted by atomic mass is 9.98. The lowest BCUT2D eigenvalue weighted by Crippen LogP contribution is -2.16. The van der Waals surface area contributed by atoms with Gasteiger partial charge in [-0.05, 0) is 47.5 Å². The minimum Gasteiger partial charge on any atom is -0.418 e. The molecule has 0 bridgehead atoms. The molecule has 1 fully saturated rings. The third-order valence-electron chi connectivity index (χ3n) is 4.19. The molecule has 124 valence electrons. The molecule has 24 heavy (non-hydrogen) atoms. The number of rotatable bonds is 5. The zero-order valence-electron chi connectivity index (χ0n) is 13.2. The highest BCUT2D eigenvalue weighted by Crippen LogP contribution is 2.23. The molecule has 8 nitrogen and oxygen atoms in total. The molecule has 0 unspecified atom stereocenters. The van der Waals surface area contributed by atoms with Crippen LogP contribution >= 0.6 is 0 Å². The van der Waals surface area contributed by atoms with Crippen LogP contribution < -0.4 is 0 Å². The molecular weight excluding hydrogens is 308 g/mol. The zero-order chi connectivity index (χ0) is 16.2. The van der Waals surface area contributed by atoms with Gasteiger partial charge < -0.3 is 9.15 Å². The molecular formula is C16H18N6O2. The van der Waals surface area contributed by atoms with Gasteiger partial charge in [0.2, 0.25) is 11.8 Å². The highest BCUT2D eigenvalue weighted by atomic mass is 16.5. The summed E-state index contributed by atoms with van der Waals surface area (Å²) in [6.07, 6.45) is 7.91. The molecule has 2 heterocycles. The Labute approximate surface area is 138 Å². The predicted octanol–water partition coefficient (Wildman–Crippen LogP) is 2.56. The summed E-state index contributed by atoms with van der Waals surface area (Å²) >= 11 is 0. The fourth-order valence-corrected chi connectivity index (χ4v) is 2.89. The van der Waals surface area contributed by atoms with Crippen LogP contribution in [0.4, 0.5) is 0 Å². The van der Waals surface area contributed by atoms with Crippen LogP contribution in [-0.4, -0.2) is 36.5 Å². The fraction of sp³-hybridized carbons (Fsp3) is 0.438. The summed E-state index contributed by atoms with van der Waals surface area (Å²) in [5.74, 6) is 1.00. The molecule has 3 aromatic rings. The second kappa shape index (κ2) is 6.88. The van der Waals surface area contributed by atoms with Crippen molar-refractivity contribution < 1.29 is 9.15 Å². The van der Waals surface area contributed by atoms with Crippen LogP contribution in [0.3, 0.4) is 0 Å². The number of nitrogens with zero attached hydrogens (tertiary/aromatic N) is 6. The molecule has 0 aliphatic heterocycles. The minimum atomic E-state index is 0.324. The van der Waals surface area contributed by atoms with Gasteiger partial charge >= 0.3 is 0 Å². The van der Waals surface area contributed by atoms with E-state index >= 15 is 0 Å². The van der Waals surface area contributed by atoms with Crippen molar-refractivity contribution >= 4 is 0 Å². The first-order chi connectivity index (χ1) is 11.9. The van der Waals surface area contributed by atoms with Crippen molar-refractivity contribution in [2.75, 3.05) is 0 Å². The summed E-state index contributed by atoms with van der Waals surface area (Å²) in [7, 11) is 0. The average Bonchev–Trinajstić information content (AvgIpc) is 3.33. The largest absolute Gasteiger partial charge is 0.418 e. The maximum atomic E-state index is 5.86. The van der Waals surface area contributed by atoms with Crippen LogP contribution in [0.2, 0.25) is 0 Å². The molecule has 2 aromatic heterocycles. The third kappa shape index (κ3) is 3.33. The number of benzene rings is 1. The van der Waals surface area contributed by atoms with Crippen molar-refractivity contribution in [1.29, 1.82) is 0 Å². The molecule has 1 aromatic carbocycles. The van der Waals surface area contributed by atoms with Crippen molar-refractivity contribution in [3.63, 3.8) is 0 Å². The van der Waals surface area contributed by atoms with Gasteiger partial charge in [-0.2, -0.15) is 0 Å². The Balaban J connectivity index is 1.40. The summed E-state index contributed by atoms with van der Waals surface area (Å²) < 4.78 is 13.1. The van der Waals surface area contributed by atoms with Crippen LogP contribution in [-0.2, 0) is 11.3 Å². The summed E-state index contributed by atoms with van der Waals surface area (Å²) in [5, 5.41) is 19.3. The summed E-state index contributed by atoms with van der Waals surface area (Å²) in [6, 6.07) is 7.59. The van der Waals surface area contributed by atoms with Gasteiger partial charge in [-0.3, -0.25) is 0 Å². The smallest absolute Gasteiger partial charge is 0.247 e. The van der Waals surface area contributed by atoms with Crippen LogP contribution in [0, 0.1) is 0 Å². The Bertz CT molecular complexity index is 762. The van der Waals surface area contributed by atoms with E-state index in [-0.39, 0.29) is 0 Å². The Morgan fingerprint density at radius 3 is 2.67 bits per heavy atom. The Kier molecular flexibility index (Phi) is 4.28. The molecule has 0 spiro atoms. The van der Waals surface area contributed by atoms with Gasteiger partial charge in [-0.25, -0.2) is 4.68 Å². The van der Waals surface area contributed by atoms with Crippen LogP contribution in [0.5, 0.6) is 0 Å². The number of tetrazole rings is 1. The van der Waals surface area contributed by atoms with Gasteiger partial charge in [-0.15, -0.1) is 15.3 Å². The van der Waals surface area contributed by atoms with E-state index < -0.39 is 0 Å². The van der Waals surface area contributed by atoms with E-state index in [0.29, 0.717) is 24.5 Å². The van der Waals surface area contributed by atoms with Crippen molar-refractivity contribution in [2.45, 2.75) is 44.8 Å². The van der Waals surface area contributed by atoms with Crippen molar-refractivity contribution in [2.24, 2.45) is 0 Å². The quantitative estimate of drug-likeness (QED) is 0.711. The fourth-order valence-electron chi connectivity index (χ4n) is 2.89. The van der Waals surface area contributed by atoms with Gasteiger partial charge in [0.15, 0.2) is 0 Å². The van der Waals surface area contributed by atoms with Crippen LogP contribution in [0.25, 0.3) is 17.1 Å². The normalized spacial score (nSPS) is 15.7. The number of aromatic nitrogens is 6. The first-order valence-electron chi connectivity index (χ1n) is 8.16. The standard InChI is InChI=1S/C16H18N6O2/c1-2-4-14(5-3-1)23-10-15-18-19-16(24-15)12-6-8-13(9-7-12)22-11-17-20-21-22/h6-9,11,14H,1-5,10H2. The average molecular weight is 326 g/mol. The first-order valence-corrected chi connectivity index (χ1v) is 8.16. The summed E-state index contributed by atoms with van der Waals surface area (Å²) in [4.78, 5) is 0. The zero-order valence-corrected chi connectivity index (χ0v) is 13.2. The van der Waals surface area contributed by atoms with Crippen molar-refractivity contribution in [1.82, 2.24) is 30.4 Å². The molecule has 1 aliphatic rings. The Morgan fingerprint density at radius 1 is 1.08 bits per heavy atom. The summed E-state index contributed by atoms with van der Waals surface area (Å²) in [5.41, 5.74) is 1.72. The molecule has 8 heteroatoms. The van der Waals surface area contributed by atoms with E-state index in [1.165, 1.54) is 19.3 Å². The highest BCUT2D eigenvalue weighted by molar-refractivity contribution is 5.55. The second-order valence-corrected chi connectivity index (χ2v) is 5.87. The Morgan fingerprint density at radius 2 is 1.92 bits per heavy atom. The topological polar surface area (TPSA) is 91.8 Å². The van der Waals surface area contributed by atoms with E-state index in [0.717, 1.165) is 24.1 Å². The van der Waals surface area contributed by atoms with Crippen molar-refractivity contribution in [3.8, 4) is 17.1 Å². The molecule has 4 rings (SSSR count). The molecule has 1 aliphatic carbocycles. The van der Waals surface area contributed by atoms with Crippen LogP contribution in [0.1, 0.15) is 38.0 Å². The molecule has 0 atom stereocenters. The van der Waals surface area contributed by atoms with Gasteiger partial charge in [0.05, 0.1) is 11.8 Å². The van der Waals surface area contributed by atoms with E-state index in [1.54, 1.807) is 11.0 Å². The minimum absolute atomic E-state index is 0.324. The van der Waals surface area contributed by atoms with Gasteiger partial charge in [0.1, 0.15) is 12.9 Å². The molecule has 1 saturated carbocycles. The SMILES string of the molecule is c1cc(-n2cnnn2)ccc1-c1nnc(COC2CCCCC2)o1. The van der Waals surface area contributed by atoms with Gasteiger partial charge in [0.25, 0.3) is 0 Å². The predicted molar refractivity (Wildman–Crippen MR) is 84.1 cm³/mol. The number of hydrogen-bond acceptors (Lipinski definition) is 7. The monoisotopic (exact) mass is 326 g/mol. The maximum Gasteiger partial charge on any atom is 0.247 e. The molecule has 0 N–H and O–H groups in total. The van der Waals surface area contributed by atoms with Gasteiger partial charge in [0, 0.05) is 5.56 Å². The van der Waals surface area contributed by atoms with Gasteiger partial charge in [-0.1, -0.05) is 19.3 Å². The lowest BCUT2D eigenvalue weighted by molar-refractivity contribution is 0.00680. The second-order valence-electron chi connectivity index (χ2n) is 5.87. The molecule has 0 saturated heterocycles. The maximum absolute atomic E-state index is 5.86. The number of ether oxygens (including phenoxy) is 1. The van der Waals surface area contributed by atoms with E-state index in [1.807, 2.05) is 24.3 Å². The first kappa shape index (κ1) is 14.9. The molecule has 0 amide bonds.